The highest BCUT2D eigenvalue weighted by molar-refractivity contribution is 6.14. The minimum absolute atomic E-state index is 0.134. The van der Waals surface area contributed by atoms with E-state index >= 15 is 0 Å². The molecule has 1 aromatic rings. The molecule has 0 bridgehead atoms. The van der Waals surface area contributed by atoms with Gasteiger partial charge in [0.2, 0.25) is 0 Å². The molecule has 0 unspecified atom stereocenters. The van der Waals surface area contributed by atoms with Crippen molar-refractivity contribution >= 4 is 11.9 Å². The zero-order valence-electron chi connectivity index (χ0n) is 8.33. The van der Waals surface area contributed by atoms with Crippen LogP contribution in [0.25, 0.3) is 0 Å². The average molecular weight is 193 g/mol. The lowest BCUT2D eigenvalue weighted by Crippen LogP contribution is -2.20. The molecule has 0 saturated heterocycles. The molecule has 0 aliphatic carbocycles. The molecular weight excluding hydrogens is 182 g/mol. The van der Waals surface area contributed by atoms with E-state index in [1.165, 1.54) is 0 Å². The van der Waals surface area contributed by atoms with Crippen molar-refractivity contribution in [3.63, 3.8) is 0 Å². The number of aromatic nitrogens is 1. The van der Waals surface area contributed by atoms with Gasteiger partial charge in [-0.15, -0.1) is 0 Å². The van der Waals surface area contributed by atoms with Crippen molar-refractivity contribution in [1.82, 2.24) is 4.57 Å². The topological polar surface area (TPSA) is 48.3 Å². The zero-order valence-corrected chi connectivity index (χ0v) is 8.33. The number of carbonyl (C=O) groups excluding carboxylic acids is 2. The van der Waals surface area contributed by atoms with Crippen LogP contribution in [0, 0.1) is 0 Å². The van der Waals surface area contributed by atoms with E-state index in [9.17, 15) is 9.59 Å². The summed E-state index contributed by atoms with van der Waals surface area (Å²) in [6.45, 7) is 5.99. The van der Waals surface area contributed by atoms with Crippen molar-refractivity contribution in [1.29, 1.82) is 0 Å². The summed E-state index contributed by atoms with van der Waals surface area (Å²) in [4.78, 5) is 22.3. The number of ether oxygens (including phenoxy) is 1. The van der Waals surface area contributed by atoms with Gasteiger partial charge in [-0.25, -0.2) is 9.59 Å². The van der Waals surface area contributed by atoms with Crippen LogP contribution in [-0.4, -0.2) is 16.5 Å². The van der Waals surface area contributed by atoms with E-state index < -0.39 is 11.9 Å². The summed E-state index contributed by atoms with van der Waals surface area (Å²) in [6.07, 6.45) is 3.31. The first kappa shape index (κ1) is 8.99. The summed E-state index contributed by atoms with van der Waals surface area (Å²) in [7, 11) is 0. The summed E-state index contributed by atoms with van der Waals surface area (Å²) in [5.74, 6) is -1.10. The van der Waals surface area contributed by atoms with Crippen molar-refractivity contribution in [3.05, 3.63) is 23.5 Å². The van der Waals surface area contributed by atoms with Crippen molar-refractivity contribution in [2.45, 2.75) is 26.3 Å². The summed E-state index contributed by atoms with van der Waals surface area (Å²) in [5.41, 5.74) is 0.597. The number of carbonyl (C=O) groups is 2. The highest BCUT2D eigenvalue weighted by Gasteiger charge is 2.33. The summed E-state index contributed by atoms with van der Waals surface area (Å²) < 4.78 is 6.29. The quantitative estimate of drug-likeness (QED) is 0.464. The second-order valence-electron chi connectivity index (χ2n) is 4.34. The fourth-order valence-corrected chi connectivity index (χ4v) is 1.36. The van der Waals surface area contributed by atoms with Gasteiger partial charge < -0.3 is 9.30 Å². The molecule has 4 nitrogen and oxygen atoms in total. The molecular formula is C10H11NO3. The van der Waals surface area contributed by atoms with Gasteiger partial charge in [0.25, 0.3) is 0 Å². The molecule has 0 amide bonds. The number of hydrogen-bond donors (Lipinski definition) is 0. The lowest BCUT2D eigenvalue weighted by atomic mass is 10.1. The Morgan fingerprint density at radius 3 is 1.86 bits per heavy atom. The summed E-state index contributed by atoms with van der Waals surface area (Å²) in [5, 5.41) is 0. The molecule has 0 spiro atoms. The average Bonchev–Trinajstić information content (AvgIpc) is 2.53. The van der Waals surface area contributed by atoms with Gasteiger partial charge >= 0.3 is 11.9 Å². The molecule has 0 saturated carbocycles. The smallest absolute Gasteiger partial charge is 0.348 e. The Morgan fingerprint density at radius 2 is 1.50 bits per heavy atom. The molecule has 2 rings (SSSR count). The van der Waals surface area contributed by atoms with E-state index in [1.807, 2.05) is 25.3 Å². The molecule has 0 aromatic carbocycles. The largest absolute Gasteiger partial charge is 0.386 e. The van der Waals surface area contributed by atoms with Gasteiger partial charge in [0.1, 0.15) is 0 Å². The maximum Gasteiger partial charge on any atom is 0.348 e. The van der Waals surface area contributed by atoms with Gasteiger partial charge in [0.15, 0.2) is 0 Å². The highest BCUT2D eigenvalue weighted by atomic mass is 16.6. The van der Waals surface area contributed by atoms with E-state index in [1.54, 1.807) is 12.4 Å². The normalized spacial score (nSPS) is 15.6. The van der Waals surface area contributed by atoms with Crippen LogP contribution in [0.2, 0.25) is 0 Å². The molecule has 0 N–H and O–H groups in total. The van der Waals surface area contributed by atoms with Crippen LogP contribution in [0.15, 0.2) is 12.4 Å². The first-order valence-corrected chi connectivity index (χ1v) is 4.38. The standard InChI is InChI=1S/C10H11NO3/c1-10(2,3)11-4-6-7(5-11)9(13)14-8(6)12/h4-5H,1-3H3. The molecule has 0 fully saturated rings. The second-order valence-corrected chi connectivity index (χ2v) is 4.34. The van der Waals surface area contributed by atoms with E-state index in [4.69, 9.17) is 0 Å². The Hall–Kier alpha value is -1.58. The van der Waals surface area contributed by atoms with Gasteiger partial charge in [0.05, 0.1) is 11.1 Å². The molecule has 0 radical (unpaired) electrons. The lowest BCUT2D eigenvalue weighted by Gasteiger charge is -2.20. The van der Waals surface area contributed by atoms with E-state index in [-0.39, 0.29) is 5.54 Å². The van der Waals surface area contributed by atoms with Gasteiger partial charge in [-0.1, -0.05) is 0 Å². The maximum atomic E-state index is 11.2. The van der Waals surface area contributed by atoms with Crippen LogP contribution in [0.5, 0.6) is 0 Å². The number of hydrogen-bond acceptors (Lipinski definition) is 3. The van der Waals surface area contributed by atoms with Crippen LogP contribution >= 0.6 is 0 Å². The molecule has 74 valence electrons. The van der Waals surface area contributed by atoms with Crippen molar-refractivity contribution in [3.8, 4) is 0 Å². The van der Waals surface area contributed by atoms with Crippen LogP contribution in [0.3, 0.4) is 0 Å². The summed E-state index contributed by atoms with van der Waals surface area (Å²) >= 11 is 0. The van der Waals surface area contributed by atoms with Crippen LogP contribution in [0.1, 0.15) is 41.5 Å². The molecule has 14 heavy (non-hydrogen) atoms. The van der Waals surface area contributed by atoms with E-state index in [0.29, 0.717) is 11.1 Å². The number of fused-ring (bicyclic) bond motifs is 1. The van der Waals surface area contributed by atoms with E-state index in [2.05, 4.69) is 4.74 Å². The molecule has 1 aromatic heterocycles. The molecule has 2 heterocycles. The second kappa shape index (κ2) is 2.47. The Bertz CT molecular complexity index is 392. The van der Waals surface area contributed by atoms with Crippen LogP contribution < -0.4 is 0 Å². The highest BCUT2D eigenvalue weighted by Crippen LogP contribution is 2.25. The molecule has 0 atom stereocenters. The van der Waals surface area contributed by atoms with Gasteiger partial charge in [-0.3, -0.25) is 0 Å². The number of esters is 2. The minimum atomic E-state index is -0.548. The predicted octanol–water partition coefficient (Wildman–Crippen LogP) is 1.55. The van der Waals surface area contributed by atoms with Gasteiger partial charge in [0, 0.05) is 17.9 Å². The molecule has 1 aliphatic rings. The molecule has 4 heteroatoms. The van der Waals surface area contributed by atoms with Crippen molar-refractivity contribution < 1.29 is 14.3 Å². The molecule has 1 aliphatic heterocycles. The third-order valence-electron chi connectivity index (χ3n) is 2.23. The lowest BCUT2D eigenvalue weighted by molar-refractivity contribution is 0.0441. The summed E-state index contributed by atoms with van der Waals surface area (Å²) in [6, 6.07) is 0. The third-order valence-corrected chi connectivity index (χ3v) is 2.23. The maximum absolute atomic E-state index is 11.2. The Balaban J connectivity index is 2.54. The Morgan fingerprint density at radius 1 is 1.07 bits per heavy atom. The third kappa shape index (κ3) is 1.14. The van der Waals surface area contributed by atoms with Gasteiger partial charge in [-0.2, -0.15) is 0 Å². The number of nitrogens with zero attached hydrogens (tertiary/aromatic N) is 1. The van der Waals surface area contributed by atoms with Crippen LogP contribution in [-0.2, 0) is 10.3 Å². The van der Waals surface area contributed by atoms with Gasteiger partial charge in [-0.05, 0) is 20.8 Å². The monoisotopic (exact) mass is 193 g/mol. The first-order chi connectivity index (χ1) is 6.39. The zero-order chi connectivity index (χ0) is 10.5. The first-order valence-electron chi connectivity index (χ1n) is 4.38. The predicted molar refractivity (Wildman–Crippen MR) is 49.2 cm³/mol. The van der Waals surface area contributed by atoms with Crippen LogP contribution in [0.4, 0.5) is 0 Å². The SMILES string of the molecule is CC(C)(C)n1cc2c(c1)C(=O)OC2=O. The minimum Gasteiger partial charge on any atom is -0.386 e. The van der Waals surface area contributed by atoms with E-state index in [0.717, 1.165) is 0 Å². The number of cyclic esters (lactones) is 2. The number of rotatable bonds is 0. The van der Waals surface area contributed by atoms with Crippen molar-refractivity contribution in [2.75, 3.05) is 0 Å². The Labute approximate surface area is 81.5 Å². The fourth-order valence-electron chi connectivity index (χ4n) is 1.36. The Kier molecular flexibility index (Phi) is 1.58. The van der Waals surface area contributed by atoms with Crippen molar-refractivity contribution in [2.24, 2.45) is 0 Å². The fraction of sp³-hybridized carbons (Fsp3) is 0.400.